The molecule has 7 heteroatoms. The van der Waals surface area contributed by atoms with E-state index in [1.807, 2.05) is 56.3 Å². The maximum atomic E-state index is 5.80. The molecule has 3 rings (SSSR count). The third kappa shape index (κ3) is 4.87. The van der Waals surface area contributed by atoms with Crippen molar-refractivity contribution in [2.45, 2.75) is 26.5 Å². The molecule has 3 aromatic rings. The lowest BCUT2D eigenvalue weighted by Gasteiger charge is -2.15. The summed E-state index contributed by atoms with van der Waals surface area (Å²) in [4.78, 5) is 8.68. The molecule has 7 nitrogen and oxygen atoms in total. The smallest absolute Gasteiger partial charge is 0.245 e. The normalized spacial score (nSPS) is 10.5. The molecule has 0 bridgehead atoms. The molecule has 0 fully saturated rings. The van der Waals surface area contributed by atoms with E-state index in [1.54, 1.807) is 12.4 Å². The first-order chi connectivity index (χ1) is 12.2. The van der Waals surface area contributed by atoms with Crippen LogP contribution in [0.3, 0.4) is 0 Å². The van der Waals surface area contributed by atoms with Gasteiger partial charge in [0.15, 0.2) is 5.82 Å². The van der Waals surface area contributed by atoms with Crippen molar-refractivity contribution in [3.63, 3.8) is 0 Å². The second-order valence-corrected chi connectivity index (χ2v) is 5.63. The lowest BCUT2D eigenvalue weighted by molar-refractivity contribution is 0.244. The quantitative estimate of drug-likeness (QED) is 0.684. The Labute approximate surface area is 146 Å². The maximum Gasteiger partial charge on any atom is 0.245 e. The van der Waals surface area contributed by atoms with Crippen LogP contribution < -0.4 is 15.4 Å². The fourth-order valence-electron chi connectivity index (χ4n) is 2.18. The summed E-state index contributed by atoms with van der Waals surface area (Å²) in [6.45, 7) is 4.50. The average molecular weight is 336 g/mol. The SMILES string of the molecule is CC(C)Oc1ccccc1Nc1cnnc(NCc2ccccn2)n1. The summed E-state index contributed by atoms with van der Waals surface area (Å²) in [5.41, 5.74) is 1.73. The number of hydrogen-bond acceptors (Lipinski definition) is 7. The van der Waals surface area contributed by atoms with E-state index in [1.165, 1.54) is 0 Å². The van der Waals surface area contributed by atoms with E-state index in [0.29, 0.717) is 18.3 Å². The van der Waals surface area contributed by atoms with Gasteiger partial charge in [0.05, 0.1) is 30.2 Å². The number of benzene rings is 1. The first kappa shape index (κ1) is 16.6. The van der Waals surface area contributed by atoms with Crippen LogP contribution in [0.25, 0.3) is 0 Å². The zero-order valence-electron chi connectivity index (χ0n) is 14.2. The van der Waals surface area contributed by atoms with Crippen LogP contribution in [0.1, 0.15) is 19.5 Å². The molecule has 2 aromatic heterocycles. The third-order valence-corrected chi connectivity index (χ3v) is 3.23. The fourth-order valence-corrected chi connectivity index (χ4v) is 2.18. The van der Waals surface area contributed by atoms with E-state index in [2.05, 4.69) is 30.8 Å². The van der Waals surface area contributed by atoms with Crippen molar-refractivity contribution < 1.29 is 4.74 Å². The molecule has 2 heterocycles. The van der Waals surface area contributed by atoms with Gasteiger partial charge in [-0.3, -0.25) is 4.98 Å². The Kier molecular flexibility index (Phi) is 5.36. The van der Waals surface area contributed by atoms with Crippen LogP contribution >= 0.6 is 0 Å². The number of nitrogens with zero attached hydrogens (tertiary/aromatic N) is 4. The maximum absolute atomic E-state index is 5.80. The minimum absolute atomic E-state index is 0.0853. The van der Waals surface area contributed by atoms with Crippen LogP contribution in [0.4, 0.5) is 17.5 Å². The van der Waals surface area contributed by atoms with Crippen LogP contribution in [0.15, 0.2) is 54.9 Å². The summed E-state index contributed by atoms with van der Waals surface area (Å²) >= 11 is 0. The minimum atomic E-state index is 0.0853. The Morgan fingerprint density at radius 1 is 1.08 bits per heavy atom. The van der Waals surface area contributed by atoms with Gasteiger partial charge in [0.1, 0.15) is 5.75 Å². The van der Waals surface area contributed by atoms with Crippen LogP contribution in [0.2, 0.25) is 0 Å². The second-order valence-electron chi connectivity index (χ2n) is 5.63. The molecule has 0 aliphatic heterocycles. The first-order valence-corrected chi connectivity index (χ1v) is 8.07. The van der Waals surface area contributed by atoms with Gasteiger partial charge in [0.2, 0.25) is 5.95 Å². The number of anilines is 3. The van der Waals surface area contributed by atoms with E-state index in [0.717, 1.165) is 17.1 Å². The highest BCUT2D eigenvalue weighted by Crippen LogP contribution is 2.27. The Morgan fingerprint density at radius 3 is 2.72 bits per heavy atom. The Bertz CT molecular complexity index is 809. The fraction of sp³-hybridized carbons (Fsp3) is 0.222. The van der Waals surface area contributed by atoms with Crippen LogP contribution in [-0.2, 0) is 6.54 Å². The Hall–Kier alpha value is -3.22. The van der Waals surface area contributed by atoms with Gasteiger partial charge < -0.3 is 15.4 Å². The molecule has 0 unspecified atom stereocenters. The van der Waals surface area contributed by atoms with Crippen molar-refractivity contribution in [2.24, 2.45) is 0 Å². The molecular weight excluding hydrogens is 316 g/mol. The highest BCUT2D eigenvalue weighted by atomic mass is 16.5. The highest BCUT2D eigenvalue weighted by Gasteiger charge is 2.07. The summed E-state index contributed by atoms with van der Waals surface area (Å²) in [6.07, 6.45) is 3.40. The predicted molar refractivity (Wildman–Crippen MR) is 96.9 cm³/mol. The van der Waals surface area contributed by atoms with Gasteiger partial charge in [-0.05, 0) is 38.1 Å². The van der Waals surface area contributed by atoms with Crippen molar-refractivity contribution in [2.75, 3.05) is 10.6 Å². The summed E-state index contributed by atoms with van der Waals surface area (Å²) in [5.74, 6) is 1.77. The van der Waals surface area contributed by atoms with Crippen molar-refractivity contribution in [3.8, 4) is 5.75 Å². The second kappa shape index (κ2) is 8.05. The van der Waals surface area contributed by atoms with Gasteiger partial charge in [0.25, 0.3) is 0 Å². The highest BCUT2D eigenvalue weighted by molar-refractivity contribution is 5.64. The standard InChI is InChI=1S/C18H20N6O/c1-13(2)25-16-9-4-3-8-15(16)22-17-12-21-24-18(23-17)20-11-14-7-5-6-10-19-14/h3-10,12-13H,11H2,1-2H3,(H2,20,22,23,24). The minimum Gasteiger partial charge on any atom is -0.489 e. The van der Waals surface area contributed by atoms with E-state index >= 15 is 0 Å². The van der Waals surface area contributed by atoms with Crippen molar-refractivity contribution in [1.82, 2.24) is 20.2 Å². The molecule has 0 amide bonds. The summed E-state index contributed by atoms with van der Waals surface area (Å²) < 4.78 is 5.80. The van der Waals surface area contributed by atoms with Crippen molar-refractivity contribution in [1.29, 1.82) is 0 Å². The van der Waals surface area contributed by atoms with Gasteiger partial charge in [0, 0.05) is 6.20 Å². The zero-order valence-corrected chi connectivity index (χ0v) is 14.2. The topological polar surface area (TPSA) is 84.9 Å². The largest absolute Gasteiger partial charge is 0.489 e. The molecular formula is C18H20N6O. The number of aromatic nitrogens is 4. The van der Waals surface area contributed by atoms with E-state index in [9.17, 15) is 0 Å². The lowest BCUT2D eigenvalue weighted by Crippen LogP contribution is -2.09. The molecule has 0 atom stereocenters. The molecule has 0 spiro atoms. The molecule has 25 heavy (non-hydrogen) atoms. The molecule has 128 valence electrons. The van der Waals surface area contributed by atoms with E-state index < -0.39 is 0 Å². The molecule has 0 aliphatic carbocycles. The van der Waals surface area contributed by atoms with E-state index in [4.69, 9.17) is 4.74 Å². The summed E-state index contributed by atoms with van der Waals surface area (Å²) in [6, 6.07) is 13.5. The molecule has 2 N–H and O–H groups in total. The summed E-state index contributed by atoms with van der Waals surface area (Å²) in [7, 11) is 0. The zero-order chi connectivity index (χ0) is 17.5. The number of ether oxygens (including phenoxy) is 1. The van der Waals surface area contributed by atoms with Gasteiger partial charge in [-0.2, -0.15) is 10.1 Å². The average Bonchev–Trinajstić information content (AvgIpc) is 2.62. The molecule has 0 saturated heterocycles. The predicted octanol–water partition coefficient (Wildman–Crippen LogP) is 3.41. The van der Waals surface area contributed by atoms with Crippen molar-refractivity contribution >= 4 is 17.5 Å². The number of nitrogens with one attached hydrogen (secondary N) is 2. The van der Waals surface area contributed by atoms with Crippen LogP contribution in [0, 0.1) is 0 Å². The molecule has 0 radical (unpaired) electrons. The first-order valence-electron chi connectivity index (χ1n) is 8.07. The monoisotopic (exact) mass is 336 g/mol. The summed E-state index contributed by atoms with van der Waals surface area (Å²) in [5, 5.41) is 14.3. The lowest BCUT2D eigenvalue weighted by atomic mass is 10.3. The molecule has 0 saturated carbocycles. The van der Waals surface area contributed by atoms with Gasteiger partial charge in [-0.15, -0.1) is 5.10 Å². The Morgan fingerprint density at radius 2 is 1.92 bits per heavy atom. The molecule has 0 aliphatic rings. The van der Waals surface area contributed by atoms with Crippen LogP contribution in [-0.4, -0.2) is 26.3 Å². The van der Waals surface area contributed by atoms with Gasteiger partial charge in [-0.25, -0.2) is 0 Å². The number of para-hydroxylation sites is 2. The number of hydrogen-bond donors (Lipinski definition) is 2. The van der Waals surface area contributed by atoms with Gasteiger partial charge >= 0.3 is 0 Å². The molecule has 1 aromatic carbocycles. The number of pyridine rings is 1. The van der Waals surface area contributed by atoms with Crippen molar-refractivity contribution in [3.05, 3.63) is 60.6 Å². The Balaban J connectivity index is 1.70. The van der Waals surface area contributed by atoms with E-state index in [-0.39, 0.29) is 6.10 Å². The van der Waals surface area contributed by atoms with Gasteiger partial charge in [-0.1, -0.05) is 18.2 Å². The number of rotatable bonds is 7. The van der Waals surface area contributed by atoms with Crippen LogP contribution in [0.5, 0.6) is 5.75 Å². The third-order valence-electron chi connectivity index (χ3n) is 3.23.